The van der Waals surface area contributed by atoms with Gasteiger partial charge in [-0.15, -0.1) is 0 Å². The van der Waals surface area contributed by atoms with E-state index in [0.29, 0.717) is 17.9 Å². The summed E-state index contributed by atoms with van der Waals surface area (Å²) >= 11 is 0. The van der Waals surface area contributed by atoms with Gasteiger partial charge in [-0.3, -0.25) is 0 Å². The van der Waals surface area contributed by atoms with E-state index in [1.165, 1.54) is 108 Å². The lowest BCUT2D eigenvalue weighted by molar-refractivity contribution is 0.0232. The van der Waals surface area contributed by atoms with Gasteiger partial charge in [0.25, 0.3) is 0 Å². The van der Waals surface area contributed by atoms with Gasteiger partial charge in [-0.25, -0.2) is 4.39 Å². The Bertz CT molecular complexity index is 1070. The van der Waals surface area contributed by atoms with Crippen LogP contribution in [0.2, 0.25) is 0 Å². The zero-order chi connectivity index (χ0) is 30.6. The molecule has 3 fully saturated rings. The number of halogens is 1. The highest BCUT2D eigenvalue weighted by atomic mass is 19.1. The van der Waals surface area contributed by atoms with E-state index < -0.39 is 0 Å². The summed E-state index contributed by atoms with van der Waals surface area (Å²) in [6.45, 7) is 5.40. The zero-order valence-electron chi connectivity index (χ0n) is 28.3. The number of rotatable bonds is 15. The lowest BCUT2D eigenvalue weighted by Gasteiger charge is -2.38. The van der Waals surface area contributed by atoms with Crippen molar-refractivity contribution in [2.24, 2.45) is 17.8 Å². The monoisotopic (exact) mass is 602 g/mol. The first kappa shape index (κ1) is 33.7. The first-order valence-corrected chi connectivity index (χ1v) is 19.2. The summed E-state index contributed by atoms with van der Waals surface area (Å²) in [4.78, 5) is 0. The Labute approximate surface area is 270 Å². The van der Waals surface area contributed by atoms with Gasteiger partial charge in [0.2, 0.25) is 0 Å². The first-order chi connectivity index (χ1) is 21.6. The molecular formula is C42H63FO. The second-order valence-electron chi connectivity index (χ2n) is 15.0. The number of benzene rings is 2. The molecule has 3 aliphatic carbocycles. The molecule has 0 spiro atoms. The lowest BCUT2D eigenvalue weighted by atomic mass is 9.68. The maximum absolute atomic E-state index is 15.4. The molecule has 0 amide bonds. The van der Waals surface area contributed by atoms with Crippen molar-refractivity contribution in [2.45, 2.75) is 167 Å². The van der Waals surface area contributed by atoms with Gasteiger partial charge in [0.05, 0.1) is 6.10 Å². The Hall–Kier alpha value is -1.67. The number of hydrogen-bond acceptors (Lipinski definition) is 1. The molecule has 0 saturated heterocycles. The van der Waals surface area contributed by atoms with Crippen LogP contribution in [0.3, 0.4) is 0 Å². The standard InChI is InChI=1S/C42H63FO/c1-3-5-7-8-9-10-11-32-12-14-33(15-13-32)34-16-18-35(19-17-34)36-20-22-38(23-21-36)41-29-26-39(31-42(41)43)37-24-27-40(28-25-37)44-30-6-4-2/h20-23,26,29,31-35,37,40H,3-19,24-25,27-28,30H2,1-2H3. The largest absolute Gasteiger partial charge is 0.378 e. The molecule has 0 heterocycles. The highest BCUT2D eigenvalue weighted by Crippen LogP contribution is 2.45. The van der Waals surface area contributed by atoms with E-state index in [1.54, 1.807) is 0 Å². The molecule has 0 aromatic heterocycles. The van der Waals surface area contributed by atoms with E-state index in [4.69, 9.17) is 4.74 Å². The van der Waals surface area contributed by atoms with E-state index in [1.807, 2.05) is 12.1 Å². The van der Waals surface area contributed by atoms with E-state index in [9.17, 15) is 0 Å². The molecule has 44 heavy (non-hydrogen) atoms. The zero-order valence-corrected chi connectivity index (χ0v) is 28.3. The summed E-state index contributed by atoms with van der Waals surface area (Å²) < 4.78 is 21.4. The average molecular weight is 603 g/mol. The van der Waals surface area contributed by atoms with Crippen molar-refractivity contribution in [1.82, 2.24) is 0 Å². The first-order valence-electron chi connectivity index (χ1n) is 19.2. The Balaban J connectivity index is 1.04. The molecule has 0 atom stereocenters. The van der Waals surface area contributed by atoms with E-state index in [2.05, 4.69) is 44.2 Å². The van der Waals surface area contributed by atoms with E-state index in [0.717, 1.165) is 73.2 Å². The van der Waals surface area contributed by atoms with E-state index in [-0.39, 0.29) is 5.82 Å². The van der Waals surface area contributed by atoms with Gasteiger partial charge in [0, 0.05) is 12.2 Å². The second-order valence-corrected chi connectivity index (χ2v) is 15.0. The highest BCUT2D eigenvalue weighted by Gasteiger charge is 2.31. The van der Waals surface area contributed by atoms with Crippen molar-refractivity contribution in [3.8, 4) is 11.1 Å². The molecule has 2 aromatic carbocycles. The van der Waals surface area contributed by atoms with Crippen LogP contribution in [0.5, 0.6) is 0 Å². The normalized spacial score (nSPS) is 27.8. The summed E-state index contributed by atoms with van der Waals surface area (Å²) in [6.07, 6.45) is 28.7. The third kappa shape index (κ3) is 9.67. The van der Waals surface area contributed by atoms with Crippen LogP contribution in [0.25, 0.3) is 11.1 Å². The van der Waals surface area contributed by atoms with Crippen molar-refractivity contribution in [3.63, 3.8) is 0 Å². The average Bonchev–Trinajstić information content (AvgIpc) is 3.07. The topological polar surface area (TPSA) is 9.23 Å². The fourth-order valence-electron chi connectivity index (χ4n) is 9.00. The molecule has 0 radical (unpaired) electrons. The molecule has 0 aliphatic heterocycles. The van der Waals surface area contributed by atoms with Crippen molar-refractivity contribution in [1.29, 1.82) is 0 Å². The number of hydrogen-bond donors (Lipinski definition) is 0. The summed E-state index contributed by atoms with van der Waals surface area (Å²) in [5.41, 5.74) is 4.38. The predicted octanol–water partition coefficient (Wildman–Crippen LogP) is 13.2. The lowest BCUT2D eigenvalue weighted by Crippen LogP contribution is -2.25. The fraction of sp³-hybridized carbons (Fsp3) is 0.714. The molecule has 2 heteroatoms. The van der Waals surface area contributed by atoms with Crippen molar-refractivity contribution < 1.29 is 9.13 Å². The molecule has 3 aliphatic rings. The molecule has 3 saturated carbocycles. The maximum Gasteiger partial charge on any atom is 0.131 e. The second kappa shape index (κ2) is 17.9. The summed E-state index contributed by atoms with van der Waals surface area (Å²) in [7, 11) is 0. The maximum atomic E-state index is 15.4. The van der Waals surface area contributed by atoms with Crippen molar-refractivity contribution in [2.75, 3.05) is 6.61 Å². The molecule has 0 bridgehead atoms. The van der Waals surface area contributed by atoms with Gasteiger partial charge in [0.15, 0.2) is 0 Å². The van der Waals surface area contributed by atoms with Crippen LogP contribution in [-0.2, 0) is 4.74 Å². The molecule has 0 N–H and O–H groups in total. The minimum absolute atomic E-state index is 0.0706. The summed E-state index contributed by atoms with van der Waals surface area (Å²) in [6, 6.07) is 14.9. The van der Waals surface area contributed by atoms with Gasteiger partial charge < -0.3 is 4.74 Å². The predicted molar refractivity (Wildman–Crippen MR) is 186 cm³/mol. The van der Waals surface area contributed by atoms with E-state index >= 15 is 4.39 Å². The van der Waals surface area contributed by atoms with Crippen LogP contribution in [0, 0.1) is 23.6 Å². The van der Waals surface area contributed by atoms with Crippen molar-refractivity contribution in [3.05, 3.63) is 59.4 Å². The molecule has 2 aromatic rings. The third-order valence-electron chi connectivity index (χ3n) is 12.0. The quantitative estimate of drug-likeness (QED) is 0.184. The van der Waals surface area contributed by atoms with Crippen LogP contribution < -0.4 is 0 Å². The van der Waals surface area contributed by atoms with Gasteiger partial charge in [-0.2, -0.15) is 0 Å². The Kier molecular flexibility index (Phi) is 13.7. The highest BCUT2D eigenvalue weighted by molar-refractivity contribution is 5.65. The van der Waals surface area contributed by atoms with Crippen LogP contribution >= 0.6 is 0 Å². The molecular weight excluding hydrogens is 539 g/mol. The Morgan fingerprint density at radius 3 is 1.82 bits per heavy atom. The third-order valence-corrected chi connectivity index (χ3v) is 12.0. The van der Waals surface area contributed by atoms with Gasteiger partial charge >= 0.3 is 0 Å². The molecule has 1 nitrogen and oxygen atoms in total. The van der Waals surface area contributed by atoms with Gasteiger partial charge in [-0.1, -0.05) is 114 Å². The number of ether oxygens (including phenoxy) is 1. The number of unbranched alkanes of at least 4 members (excludes halogenated alkanes) is 6. The van der Waals surface area contributed by atoms with Crippen molar-refractivity contribution >= 4 is 0 Å². The van der Waals surface area contributed by atoms with Crippen LogP contribution in [0.4, 0.5) is 4.39 Å². The minimum Gasteiger partial charge on any atom is -0.378 e. The Morgan fingerprint density at radius 2 is 1.16 bits per heavy atom. The SMILES string of the molecule is CCCCCCCCC1CCC(C2CCC(c3ccc(-c4ccc(C5CCC(OCCCC)CC5)cc4F)cc3)CC2)CC1. The fourth-order valence-corrected chi connectivity index (χ4v) is 9.00. The van der Waals surface area contributed by atoms with Crippen LogP contribution in [0.15, 0.2) is 42.5 Å². The summed E-state index contributed by atoms with van der Waals surface area (Å²) in [5.74, 6) is 4.03. The van der Waals surface area contributed by atoms with Gasteiger partial charge in [0.1, 0.15) is 5.82 Å². The van der Waals surface area contributed by atoms with Gasteiger partial charge in [-0.05, 0) is 123 Å². The molecule has 5 rings (SSSR count). The smallest absolute Gasteiger partial charge is 0.131 e. The van der Waals surface area contributed by atoms with Crippen LogP contribution in [-0.4, -0.2) is 12.7 Å². The van der Waals surface area contributed by atoms with Crippen LogP contribution in [0.1, 0.15) is 172 Å². The molecule has 244 valence electrons. The minimum atomic E-state index is -0.0706. The Morgan fingerprint density at radius 1 is 0.591 bits per heavy atom. The molecule has 0 unspecified atom stereocenters. The summed E-state index contributed by atoms with van der Waals surface area (Å²) in [5, 5.41) is 0.